The molecule has 0 aromatic carbocycles. The van der Waals surface area contributed by atoms with Gasteiger partial charge < -0.3 is 9.94 Å². The third kappa shape index (κ3) is 5.14. The van der Waals surface area contributed by atoms with Gasteiger partial charge in [0.2, 0.25) is 5.90 Å². The average molecular weight is 131 g/mol. The number of hydrogen-bond donors (Lipinski definition) is 1. The Morgan fingerprint density at radius 2 is 2.33 bits per heavy atom. The Balaban J connectivity index is 3.07. The Morgan fingerprint density at radius 3 is 2.78 bits per heavy atom. The van der Waals surface area contributed by atoms with Crippen LogP contribution in [0.15, 0.2) is 5.16 Å². The van der Waals surface area contributed by atoms with Crippen molar-refractivity contribution >= 4 is 5.90 Å². The Labute approximate surface area is 55.3 Å². The lowest BCUT2D eigenvalue weighted by molar-refractivity contribution is 0.249. The molecule has 0 aromatic rings. The third-order valence-electron chi connectivity index (χ3n) is 0.950. The van der Waals surface area contributed by atoms with Crippen LogP contribution in [0.1, 0.15) is 26.7 Å². The van der Waals surface area contributed by atoms with Crippen LogP contribution in [-0.2, 0) is 4.74 Å². The molecule has 0 amide bonds. The number of hydrogen-bond acceptors (Lipinski definition) is 3. The normalized spacial score (nSPS) is 11.6. The molecule has 0 fully saturated rings. The molecule has 0 bridgehead atoms. The summed E-state index contributed by atoms with van der Waals surface area (Å²) in [6.45, 7) is 4.34. The van der Waals surface area contributed by atoms with Crippen molar-refractivity contribution in [3.05, 3.63) is 0 Å². The number of ether oxygens (including phenoxy) is 1. The summed E-state index contributed by atoms with van der Waals surface area (Å²) in [5.74, 6) is 0.337. The minimum Gasteiger partial charge on any atom is -0.479 e. The zero-order chi connectivity index (χ0) is 7.11. The first-order chi connectivity index (χ1) is 4.31. The lowest BCUT2D eigenvalue weighted by Gasteiger charge is -1.99. The summed E-state index contributed by atoms with van der Waals surface area (Å²) in [6, 6.07) is 0. The second-order valence-corrected chi connectivity index (χ2v) is 1.82. The van der Waals surface area contributed by atoms with E-state index in [-0.39, 0.29) is 0 Å². The molecule has 1 N–H and O–H groups in total. The molecule has 0 aromatic heterocycles. The molecule has 0 unspecified atom stereocenters. The number of nitrogens with zero attached hydrogens (tertiary/aromatic N) is 1. The maximum absolute atomic E-state index is 8.10. The van der Waals surface area contributed by atoms with Crippen molar-refractivity contribution in [1.29, 1.82) is 0 Å². The highest BCUT2D eigenvalue weighted by Gasteiger charge is 1.88. The molecule has 0 aliphatic rings. The molecule has 0 radical (unpaired) electrons. The topological polar surface area (TPSA) is 41.8 Å². The lowest BCUT2D eigenvalue weighted by Crippen LogP contribution is -2.00. The largest absolute Gasteiger partial charge is 0.479 e. The highest BCUT2D eigenvalue weighted by Crippen LogP contribution is 1.88. The van der Waals surface area contributed by atoms with E-state index >= 15 is 0 Å². The third-order valence-corrected chi connectivity index (χ3v) is 0.950. The van der Waals surface area contributed by atoms with Crippen LogP contribution in [0.3, 0.4) is 0 Å². The van der Waals surface area contributed by atoms with Gasteiger partial charge in [-0.2, -0.15) is 0 Å². The van der Waals surface area contributed by atoms with Crippen molar-refractivity contribution in [2.24, 2.45) is 5.16 Å². The molecule has 3 heteroatoms. The molecule has 0 heterocycles. The van der Waals surface area contributed by atoms with Gasteiger partial charge in [0.15, 0.2) is 0 Å². The van der Waals surface area contributed by atoms with Crippen LogP contribution in [0.4, 0.5) is 0 Å². The zero-order valence-electron chi connectivity index (χ0n) is 5.92. The first-order valence-electron chi connectivity index (χ1n) is 3.12. The Hall–Kier alpha value is -0.730. The van der Waals surface area contributed by atoms with Crippen molar-refractivity contribution < 1.29 is 9.94 Å². The van der Waals surface area contributed by atoms with Gasteiger partial charge in [0.05, 0.1) is 6.61 Å². The maximum atomic E-state index is 8.10. The molecule has 0 aliphatic carbocycles. The summed E-state index contributed by atoms with van der Waals surface area (Å²) in [7, 11) is 0. The van der Waals surface area contributed by atoms with E-state index in [1.807, 2.05) is 0 Å². The van der Waals surface area contributed by atoms with Gasteiger partial charge in [-0.1, -0.05) is 18.5 Å². The molecule has 0 rings (SSSR count). The molecule has 0 atom stereocenters. The van der Waals surface area contributed by atoms with E-state index in [1.165, 1.54) is 0 Å². The van der Waals surface area contributed by atoms with Crippen molar-refractivity contribution in [2.75, 3.05) is 6.61 Å². The van der Waals surface area contributed by atoms with Crippen LogP contribution in [0.5, 0.6) is 0 Å². The Kier molecular flexibility index (Phi) is 4.97. The van der Waals surface area contributed by atoms with E-state index in [4.69, 9.17) is 9.94 Å². The van der Waals surface area contributed by atoms with Crippen molar-refractivity contribution in [1.82, 2.24) is 0 Å². The maximum Gasteiger partial charge on any atom is 0.222 e. The highest BCUT2D eigenvalue weighted by molar-refractivity contribution is 5.72. The summed E-state index contributed by atoms with van der Waals surface area (Å²) >= 11 is 0. The van der Waals surface area contributed by atoms with Gasteiger partial charge in [-0.15, -0.1) is 0 Å². The lowest BCUT2D eigenvalue weighted by atomic mass is 10.4. The van der Waals surface area contributed by atoms with E-state index in [0.717, 1.165) is 12.8 Å². The van der Waals surface area contributed by atoms with Crippen LogP contribution in [-0.4, -0.2) is 17.7 Å². The quantitative estimate of drug-likeness (QED) is 0.208. The van der Waals surface area contributed by atoms with Gasteiger partial charge >= 0.3 is 0 Å². The van der Waals surface area contributed by atoms with Gasteiger partial charge in [0.1, 0.15) is 0 Å². The molecule has 54 valence electrons. The summed E-state index contributed by atoms with van der Waals surface area (Å²) in [5, 5.41) is 11.0. The van der Waals surface area contributed by atoms with Gasteiger partial charge in [-0.05, 0) is 6.42 Å². The first kappa shape index (κ1) is 8.27. The van der Waals surface area contributed by atoms with E-state index in [0.29, 0.717) is 12.5 Å². The molecule has 0 spiro atoms. The summed E-state index contributed by atoms with van der Waals surface area (Å²) < 4.78 is 4.93. The zero-order valence-corrected chi connectivity index (χ0v) is 5.92. The van der Waals surface area contributed by atoms with E-state index < -0.39 is 0 Å². The van der Waals surface area contributed by atoms with E-state index in [2.05, 4.69) is 12.1 Å². The van der Waals surface area contributed by atoms with Crippen LogP contribution in [0, 0.1) is 0 Å². The van der Waals surface area contributed by atoms with E-state index in [9.17, 15) is 0 Å². The fraction of sp³-hybridized carbons (Fsp3) is 0.833. The summed E-state index contributed by atoms with van der Waals surface area (Å²) in [4.78, 5) is 0. The fourth-order valence-corrected chi connectivity index (χ4v) is 0.393. The van der Waals surface area contributed by atoms with Gasteiger partial charge in [-0.25, -0.2) is 0 Å². The number of oxime groups is 1. The molecule has 0 saturated heterocycles. The average Bonchev–Trinajstić information content (AvgIpc) is 1.89. The van der Waals surface area contributed by atoms with Crippen molar-refractivity contribution in [2.45, 2.75) is 26.7 Å². The SMILES string of the molecule is CCCCOC(C)=NO. The highest BCUT2D eigenvalue weighted by atomic mass is 16.5. The Morgan fingerprint density at radius 1 is 1.67 bits per heavy atom. The van der Waals surface area contributed by atoms with Crippen LogP contribution < -0.4 is 0 Å². The van der Waals surface area contributed by atoms with Gasteiger partial charge in [-0.3, -0.25) is 0 Å². The second kappa shape index (κ2) is 5.41. The van der Waals surface area contributed by atoms with Crippen LogP contribution in [0.2, 0.25) is 0 Å². The minimum atomic E-state index is 0.337. The minimum absolute atomic E-state index is 0.337. The molecular formula is C6H13NO2. The standard InChI is InChI=1S/C6H13NO2/c1-3-4-5-9-6(2)7-8/h8H,3-5H2,1-2H3. The van der Waals surface area contributed by atoms with Crippen molar-refractivity contribution in [3.63, 3.8) is 0 Å². The number of rotatable bonds is 3. The smallest absolute Gasteiger partial charge is 0.222 e. The molecule has 3 nitrogen and oxygen atoms in total. The molecular weight excluding hydrogens is 118 g/mol. The van der Waals surface area contributed by atoms with E-state index in [1.54, 1.807) is 6.92 Å². The van der Waals surface area contributed by atoms with Gasteiger partial charge in [0, 0.05) is 6.92 Å². The van der Waals surface area contributed by atoms with Crippen LogP contribution in [0.25, 0.3) is 0 Å². The molecule has 0 saturated carbocycles. The molecule has 9 heavy (non-hydrogen) atoms. The Bertz CT molecular complexity index is 91.1. The molecule has 0 aliphatic heterocycles. The fourth-order valence-electron chi connectivity index (χ4n) is 0.393. The number of unbranched alkanes of at least 4 members (excludes halogenated alkanes) is 1. The van der Waals surface area contributed by atoms with Crippen molar-refractivity contribution in [3.8, 4) is 0 Å². The second-order valence-electron chi connectivity index (χ2n) is 1.82. The predicted molar refractivity (Wildman–Crippen MR) is 35.8 cm³/mol. The van der Waals surface area contributed by atoms with Crippen LogP contribution >= 0.6 is 0 Å². The summed E-state index contributed by atoms with van der Waals surface area (Å²) in [6.07, 6.45) is 2.10. The van der Waals surface area contributed by atoms with Gasteiger partial charge in [0.25, 0.3) is 0 Å². The first-order valence-corrected chi connectivity index (χ1v) is 3.12. The monoisotopic (exact) mass is 131 g/mol. The summed E-state index contributed by atoms with van der Waals surface area (Å²) in [5.41, 5.74) is 0. The predicted octanol–water partition coefficient (Wildman–Crippen LogP) is 1.61.